The highest BCUT2D eigenvalue weighted by molar-refractivity contribution is 5.82. The summed E-state index contributed by atoms with van der Waals surface area (Å²) in [4.78, 5) is 24.3. The largest absolute Gasteiger partial charge is 0.458 e. The van der Waals surface area contributed by atoms with E-state index < -0.39 is 18.2 Å². The van der Waals surface area contributed by atoms with Gasteiger partial charge in [-0.15, -0.1) is 0 Å². The smallest absolute Gasteiger partial charge is 0.331 e. The van der Waals surface area contributed by atoms with Crippen molar-refractivity contribution in [2.45, 2.75) is 78.9 Å². The van der Waals surface area contributed by atoms with Gasteiger partial charge in [0, 0.05) is 31.6 Å². The number of allylic oxidation sites excluding steroid dienone is 4. The van der Waals surface area contributed by atoms with Crippen molar-refractivity contribution in [1.82, 2.24) is 0 Å². The SMILES string of the molecule is C/C=C(\C)C[C@H](C)C[C@H](C)[C@H]1OC(=O)CC[C@@H]1OC(=O)/C=C/C(C)=C/[C@@H](CO)CCO. The molecule has 0 saturated carbocycles. The second-order valence-electron chi connectivity index (χ2n) is 8.82. The molecule has 0 aromatic heterocycles. The molecule has 1 aliphatic rings. The van der Waals surface area contributed by atoms with Crippen molar-refractivity contribution in [3.8, 4) is 0 Å². The Morgan fingerprint density at radius 2 is 1.97 bits per heavy atom. The van der Waals surface area contributed by atoms with E-state index in [2.05, 4.69) is 19.9 Å². The van der Waals surface area contributed by atoms with E-state index in [0.717, 1.165) is 18.4 Å². The first kappa shape index (κ1) is 27.1. The Bertz CT molecular complexity index is 663. The summed E-state index contributed by atoms with van der Waals surface area (Å²) in [5, 5.41) is 18.3. The topological polar surface area (TPSA) is 93.1 Å². The second kappa shape index (κ2) is 14.2. The zero-order valence-electron chi connectivity index (χ0n) is 19.7. The Morgan fingerprint density at radius 1 is 1.26 bits per heavy atom. The molecule has 31 heavy (non-hydrogen) atoms. The van der Waals surface area contributed by atoms with Crippen molar-refractivity contribution in [3.05, 3.63) is 35.5 Å². The fourth-order valence-corrected chi connectivity index (χ4v) is 4.05. The molecule has 1 rings (SSSR count). The predicted octanol–water partition coefficient (Wildman–Crippen LogP) is 4.12. The van der Waals surface area contributed by atoms with Crippen LogP contribution in [0, 0.1) is 17.8 Å². The third kappa shape index (κ3) is 10.3. The molecule has 0 unspecified atom stereocenters. The van der Waals surface area contributed by atoms with E-state index in [-0.39, 0.29) is 37.4 Å². The summed E-state index contributed by atoms with van der Waals surface area (Å²) in [5.41, 5.74) is 2.14. The Hall–Kier alpha value is -1.92. The summed E-state index contributed by atoms with van der Waals surface area (Å²) in [6.45, 7) is 10.1. The summed E-state index contributed by atoms with van der Waals surface area (Å²) in [7, 11) is 0. The molecule has 1 heterocycles. The molecule has 1 fully saturated rings. The number of hydrogen-bond acceptors (Lipinski definition) is 6. The van der Waals surface area contributed by atoms with Gasteiger partial charge in [-0.25, -0.2) is 4.79 Å². The molecule has 0 bridgehead atoms. The maximum Gasteiger partial charge on any atom is 0.331 e. The number of cyclic esters (lactones) is 1. The number of ether oxygens (including phenoxy) is 2. The normalized spacial score (nSPS) is 23.4. The number of aliphatic hydroxyl groups excluding tert-OH is 2. The Labute approximate surface area is 187 Å². The highest BCUT2D eigenvalue weighted by Crippen LogP contribution is 2.30. The molecule has 176 valence electrons. The number of carbonyl (C=O) groups is 2. The minimum absolute atomic E-state index is 0.00630. The number of hydrogen-bond donors (Lipinski definition) is 2. The molecule has 1 aliphatic heterocycles. The van der Waals surface area contributed by atoms with Gasteiger partial charge in [-0.3, -0.25) is 4.79 Å². The van der Waals surface area contributed by atoms with E-state index >= 15 is 0 Å². The Kier molecular flexibility index (Phi) is 12.4. The summed E-state index contributed by atoms with van der Waals surface area (Å²) >= 11 is 0. The van der Waals surface area contributed by atoms with E-state index in [1.165, 1.54) is 11.6 Å². The van der Waals surface area contributed by atoms with Crippen molar-refractivity contribution in [2.24, 2.45) is 17.8 Å². The quantitative estimate of drug-likeness (QED) is 0.207. The third-order valence-electron chi connectivity index (χ3n) is 5.75. The number of carbonyl (C=O) groups excluding carboxylic acids is 2. The molecule has 6 heteroatoms. The van der Waals surface area contributed by atoms with E-state index in [1.807, 2.05) is 26.8 Å². The minimum atomic E-state index is -0.478. The molecule has 6 nitrogen and oxygen atoms in total. The molecule has 1 saturated heterocycles. The van der Waals surface area contributed by atoms with Crippen LogP contribution in [0.3, 0.4) is 0 Å². The van der Waals surface area contributed by atoms with Gasteiger partial charge in [0.2, 0.25) is 0 Å². The van der Waals surface area contributed by atoms with Crippen LogP contribution >= 0.6 is 0 Å². The lowest BCUT2D eigenvalue weighted by Crippen LogP contribution is -2.43. The van der Waals surface area contributed by atoms with Gasteiger partial charge in [0.15, 0.2) is 0 Å². The van der Waals surface area contributed by atoms with Crippen molar-refractivity contribution >= 4 is 11.9 Å². The first-order valence-corrected chi connectivity index (χ1v) is 11.3. The van der Waals surface area contributed by atoms with Gasteiger partial charge in [0.05, 0.1) is 0 Å². The van der Waals surface area contributed by atoms with Gasteiger partial charge in [0.25, 0.3) is 0 Å². The van der Waals surface area contributed by atoms with Gasteiger partial charge in [-0.05, 0) is 58.3 Å². The van der Waals surface area contributed by atoms with Crippen LogP contribution in [-0.4, -0.2) is 47.6 Å². The maximum atomic E-state index is 12.4. The first-order chi connectivity index (χ1) is 14.7. The average Bonchev–Trinajstić information content (AvgIpc) is 2.72. The lowest BCUT2D eigenvalue weighted by Gasteiger charge is -2.35. The first-order valence-electron chi connectivity index (χ1n) is 11.3. The molecule has 5 atom stereocenters. The molecule has 0 amide bonds. The lowest BCUT2D eigenvalue weighted by molar-refractivity contribution is -0.180. The van der Waals surface area contributed by atoms with Crippen LogP contribution in [0.2, 0.25) is 0 Å². The van der Waals surface area contributed by atoms with E-state index in [4.69, 9.17) is 14.6 Å². The van der Waals surface area contributed by atoms with Crippen LogP contribution in [0.1, 0.15) is 66.7 Å². The molecule has 0 aromatic rings. The highest BCUT2D eigenvalue weighted by Gasteiger charge is 2.37. The van der Waals surface area contributed by atoms with Crippen LogP contribution in [0.4, 0.5) is 0 Å². The molecule has 0 radical (unpaired) electrons. The van der Waals surface area contributed by atoms with Crippen molar-refractivity contribution in [2.75, 3.05) is 13.2 Å². The number of esters is 2. The zero-order chi connectivity index (χ0) is 23.4. The standard InChI is InChI=1S/C25H40O6/c1-6-17(2)13-19(4)14-20(5)25-22(8-10-24(29)31-25)30-23(28)9-7-18(3)15-21(16-27)11-12-26/h6-7,9,15,19-22,25-27H,8,10-14,16H2,1-5H3/b9-7+,17-6+,18-15+/t19-,20-,21-,22-,25+/m0/s1. The maximum absolute atomic E-state index is 12.4. The second-order valence-corrected chi connectivity index (χ2v) is 8.82. The number of aliphatic hydroxyl groups is 2. The van der Waals surface area contributed by atoms with E-state index in [1.54, 1.807) is 6.08 Å². The molecule has 0 aromatic carbocycles. The average molecular weight is 437 g/mol. The third-order valence-corrected chi connectivity index (χ3v) is 5.75. The number of rotatable bonds is 12. The van der Waals surface area contributed by atoms with E-state index in [0.29, 0.717) is 18.8 Å². The van der Waals surface area contributed by atoms with Crippen molar-refractivity contribution < 1.29 is 29.3 Å². The Morgan fingerprint density at radius 3 is 2.58 bits per heavy atom. The molecule has 2 N–H and O–H groups in total. The van der Waals surface area contributed by atoms with E-state index in [9.17, 15) is 14.7 Å². The fourth-order valence-electron chi connectivity index (χ4n) is 4.05. The lowest BCUT2D eigenvalue weighted by atomic mass is 9.85. The van der Waals surface area contributed by atoms with Gasteiger partial charge in [-0.2, -0.15) is 0 Å². The molecular weight excluding hydrogens is 396 g/mol. The van der Waals surface area contributed by atoms with Crippen molar-refractivity contribution in [3.63, 3.8) is 0 Å². The monoisotopic (exact) mass is 436 g/mol. The van der Waals surface area contributed by atoms with Crippen LogP contribution in [0.15, 0.2) is 35.5 Å². The highest BCUT2D eigenvalue weighted by atomic mass is 16.6. The molecule has 0 spiro atoms. The van der Waals surface area contributed by atoms with Crippen LogP contribution in [0.25, 0.3) is 0 Å². The summed E-state index contributed by atoms with van der Waals surface area (Å²) in [6, 6.07) is 0. The van der Waals surface area contributed by atoms with Crippen molar-refractivity contribution in [1.29, 1.82) is 0 Å². The van der Waals surface area contributed by atoms with Crippen LogP contribution in [-0.2, 0) is 19.1 Å². The fraction of sp³-hybridized carbons (Fsp3) is 0.680. The summed E-state index contributed by atoms with van der Waals surface area (Å²) in [5.74, 6) is -0.352. The van der Waals surface area contributed by atoms with Gasteiger partial charge in [-0.1, -0.05) is 43.2 Å². The zero-order valence-corrected chi connectivity index (χ0v) is 19.7. The molecule has 0 aliphatic carbocycles. The minimum Gasteiger partial charge on any atom is -0.458 e. The Balaban J connectivity index is 2.73. The summed E-state index contributed by atoms with van der Waals surface area (Å²) < 4.78 is 11.3. The van der Waals surface area contributed by atoms with Crippen LogP contribution < -0.4 is 0 Å². The predicted molar refractivity (Wildman–Crippen MR) is 121 cm³/mol. The van der Waals surface area contributed by atoms with Crippen LogP contribution in [0.5, 0.6) is 0 Å². The van der Waals surface area contributed by atoms with Gasteiger partial charge in [0.1, 0.15) is 12.2 Å². The molecular formula is C25H40O6. The van der Waals surface area contributed by atoms with Gasteiger partial charge < -0.3 is 19.7 Å². The van der Waals surface area contributed by atoms with Gasteiger partial charge >= 0.3 is 11.9 Å². The summed E-state index contributed by atoms with van der Waals surface area (Å²) in [6.07, 6.45) is 9.08.